The number of halogens is 2. The number of nitrogens with two attached hydrogens (primary N) is 1. The topological polar surface area (TPSA) is 55.1 Å². The molecule has 3 rings (SSSR count). The maximum absolute atomic E-state index is 13.2. The molecule has 1 amide bonds. The zero-order valence-electron chi connectivity index (χ0n) is 10.5. The van der Waals surface area contributed by atoms with Crippen molar-refractivity contribution < 1.29 is 13.6 Å². The van der Waals surface area contributed by atoms with Crippen molar-refractivity contribution in [3.05, 3.63) is 29.3 Å². The zero-order valence-corrected chi connectivity index (χ0v) is 10.5. The fourth-order valence-corrected chi connectivity index (χ4v) is 2.52. The van der Waals surface area contributed by atoms with Crippen LogP contribution in [0.1, 0.15) is 36.0 Å². The van der Waals surface area contributed by atoms with E-state index in [2.05, 4.69) is 5.32 Å². The standard InChI is InChI=1S/C14H16F2N2O/c15-10-5-9(12(17)6-11(10)16)14(19)18-13(7-1-2-7)8-3-4-8/h5-8,13H,1-4,17H2,(H,18,19). The Labute approximate surface area is 110 Å². The van der Waals surface area contributed by atoms with E-state index in [1.54, 1.807) is 0 Å². The highest BCUT2D eigenvalue weighted by molar-refractivity contribution is 5.99. The Bertz CT molecular complexity index is 512. The molecule has 0 aliphatic heterocycles. The first kappa shape index (κ1) is 12.4. The van der Waals surface area contributed by atoms with Crippen molar-refractivity contribution >= 4 is 11.6 Å². The second-order valence-electron chi connectivity index (χ2n) is 5.53. The van der Waals surface area contributed by atoms with Crippen molar-refractivity contribution in [1.29, 1.82) is 0 Å². The molecule has 19 heavy (non-hydrogen) atoms. The number of hydrogen-bond acceptors (Lipinski definition) is 2. The SMILES string of the molecule is Nc1cc(F)c(F)cc1C(=O)NC(C1CC1)C1CC1. The summed E-state index contributed by atoms with van der Waals surface area (Å²) >= 11 is 0. The number of benzene rings is 1. The first-order chi connectivity index (χ1) is 9.06. The van der Waals surface area contributed by atoms with Gasteiger partial charge in [-0.2, -0.15) is 0 Å². The van der Waals surface area contributed by atoms with Gasteiger partial charge < -0.3 is 11.1 Å². The molecular formula is C14H16F2N2O. The molecule has 2 aliphatic carbocycles. The zero-order chi connectivity index (χ0) is 13.6. The van der Waals surface area contributed by atoms with Crippen LogP contribution in [0.2, 0.25) is 0 Å². The highest BCUT2D eigenvalue weighted by atomic mass is 19.2. The smallest absolute Gasteiger partial charge is 0.253 e. The van der Waals surface area contributed by atoms with Crippen molar-refractivity contribution in [3.8, 4) is 0 Å². The molecule has 0 spiro atoms. The monoisotopic (exact) mass is 266 g/mol. The minimum absolute atomic E-state index is 0.0187. The van der Waals surface area contributed by atoms with Crippen molar-refractivity contribution in [2.24, 2.45) is 11.8 Å². The molecule has 3 N–H and O–H groups in total. The summed E-state index contributed by atoms with van der Waals surface area (Å²) in [6, 6.07) is 1.89. The van der Waals surface area contributed by atoms with Crippen LogP contribution in [0, 0.1) is 23.5 Å². The highest BCUT2D eigenvalue weighted by Crippen LogP contribution is 2.44. The summed E-state index contributed by atoms with van der Waals surface area (Å²) in [5.74, 6) is -1.39. The van der Waals surface area contributed by atoms with Gasteiger partial charge in [0.2, 0.25) is 0 Å². The number of nitrogen functional groups attached to an aromatic ring is 1. The summed E-state index contributed by atoms with van der Waals surface area (Å²) < 4.78 is 26.2. The maximum atomic E-state index is 13.2. The molecule has 1 aromatic rings. The fraction of sp³-hybridized carbons (Fsp3) is 0.500. The Balaban J connectivity index is 1.77. The Kier molecular flexibility index (Phi) is 2.92. The summed E-state index contributed by atoms with van der Waals surface area (Å²) in [6.45, 7) is 0. The Morgan fingerprint density at radius 2 is 1.68 bits per heavy atom. The van der Waals surface area contributed by atoms with Crippen molar-refractivity contribution in [3.63, 3.8) is 0 Å². The van der Waals surface area contributed by atoms with Crippen molar-refractivity contribution in [2.75, 3.05) is 5.73 Å². The van der Waals surface area contributed by atoms with E-state index in [9.17, 15) is 13.6 Å². The lowest BCUT2D eigenvalue weighted by Gasteiger charge is -2.18. The predicted octanol–water partition coefficient (Wildman–Crippen LogP) is 2.47. The molecule has 0 aromatic heterocycles. The van der Waals surface area contributed by atoms with Gasteiger partial charge in [-0.3, -0.25) is 4.79 Å². The number of anilines is 1. The fourth-order valence-electron chi connectivity index (χ4n) is 2.52. The average Bonchev–Trinajstić information content (AvgIpc) is 3.24. The number of amides is 1. The van der Waals surface area contributed by atoms with Crippen LogP contribution < -0.4 is 11.1 Å². The number of nitrogens with one attached hydrogen (secondary N) is 1. The Morgan fingerprint density at radius 1 is 1.16 bits per heavy atom. The summed E-state index contributed by atoms with van der Waals surface area (Å²) in [4.78, 5) is 12.1. The van der Waals surface area contributed by atoms with Crippen LogP contribution in [0.3, 0.4) is 0 Å². The minimum atomic E-state index is -1.05. The summed E-state index contributed by atoms with van der Waals surface area (Å²) in [7, 11) is 0. The van der Waals surface area contributed by atoms with Crippen LogP contribution in [-0.4, -0.2) is 11.9 Å². The molecule has 102 valence electrons. The number of rotatable bonds is 4. The summed E-state index contributed by atoms with van der Waals surface area (Å²) in [5.41, 5.74) is 5.58. The second-order valence-corrected chi connectivity index (χ2v) is 5.53. The van der Waals surface area contributed by atoms with Gasteiger partial charge >= 0.3 is 0 Å². The van der Waals surface area contributed by atoms with Gasteiger partial charge in [0.25, 0.3) is 5.91 Å². The van der Waals surface area contributed by atoms with Crippen LogP contribution in [-0.2, 0) is 0 Å². The quantitative estimate of drug-likeness (QED) is 0.822. The van der Waals surface area contributed by atoms with E-state index in [1.807, 2.05) is 0 Å². The van der Waals surface area contributed by atoms with E-state index in [0.717, 1.165) is 37.8 Å². The molecule has 0 heterocycles. The molecule has 3 nitrogen and oxygen atoms in total. The van der Waals surface area contributed by atoms with Gasteiger partial charge in [-0.05, 0) is 43.6 Å². The molecule has 2 fully saturated rings. The molecule has 1 aromatic carbocycles. The molecule has 2 aliphatic rings. The molecule has 0 radical (unpaired) electrons. The van der Waals surface area contributed by atoms with Crippen LogP contribution >= 0.6 is 0 Å². The molecule has 0 saturated heterocycles. The molecular weight excluding hydrogens is 250 g/mol. The van der Waals surface area contributed by atoms with Gasteiger partial charge in [0.05, 0.1) is 5.56 Å². The summed E-state index contributed by atoms with van der Waals surface area (Å²) in [6.07, 6.45) is 4.53. The predicted molar refractivity (Wildman–Crippen MR) is 67.5 cm³/mol. The normalized spacial score (nSPS) is 18.7. The highest BCUT2D eigenvalue weighted by Gasteiger charge is 2.42. The first-order valence-corrected chi connectivity index (χ1v) is 6.61. The summed E-state index contributed by atoms with van der Waals surface area (Å²) in [5, 5.41) is 2.94. The van der Waals surface area contributed by atoms with Crippen LogP contribution in [0.25, 0.3) is 0 Å². The average molecular weight is 266 g/mol. The molecule has 0 bridgehead atoms. The van der Waals surface area contributed by atoms with Gasteiger partial charge in [0.1, 0.15) is 0 Å². The Hall–Kier alpha value is -1.65. The second kappa shape index (κ2) is 4.47. The third-order valence-corrected chi connectivity index (χ3v) is 3.89. The van der Waals surface area contributed by atoms with Gasteiger partial charge in [0, 0.05) is 17.8 Å². The van der Waals surface area contributed by atoms with E-state index >= 15 is 0 Å². The number of hydrogen-bond donors (Lipinski definition) is 2. The van der Waals surface area contributed by atoms with E-state index < -0.39 is 17.5 Å². The van der Waals surface area contributed by atoms with E-state index in [4.69, 9.17) is 5.73 Å². The number of carbonyl (C=O) groups excluding carboxylic acids is 1. The van der Waals surface area contributed by atoms with Crippen molar-refractivity contribution in [2.45, 2.75) is 31.7 Å². The van der Waals surface area contributed by atoms with E-state index in [-0.39, 0.29) is 17.3 Å². The van der Waals surface area contributed by atoms with E-state index in [1.165, 1.54) is 0 Å². The van der Waals surface area contributed by atoms with Crippen LogP contribution in [0.5, 0.6) is 0 Å². The molecule has 5 heteroatoms. The Morgan fingerprint density at radius 3 is 2.21 bits per heavy atom. The van der Waals surface area contributed by atoms with Gasteiger partial charge in [-0.1, -0.05) is 0 Å². The maximum Gasteiger partial charge on any atom is 0.253 e. The van der Waals surface area contributed by atoms with E-state index in [0.29, 0.717) is 11.8 Å². The third-order valence-electron chi connectivity index (χ3n) is 3.89. The molecule has 0 atom stereocenters. The van der Waals surface area contributed by atoms with Crippen LogP contribution in [0.15, 0.2) is 12.1 Å². The van der Waals surface area contributed by atoms with Gasteiger partial charge in [-0.25, -0.2) is 8.78 Å². The molecule has 0 unspecified atom stereocenters. The first-order valence-electron chi connectivity index (χ1n) is 6.61. The lowest BCUT2D eigenvalue weighted by Crippen LogP contribution is -2.38. The molecule has 2 saturated carbocycles. The van der Waals surface area contributed by atoms with Crippen LogP contribution in [0.4, 0.5) is 14.5 Å². The van der Waals surface area contributed by atoms with Gasteiger partial charge in [0.15, 0.2) is 11.6 Å². The van der Waals surface area contributed by atoms with Gasteiger partial charge in [-0.15, -0.1) is 0 Å². The van der Waals surface area contributed by atoms with Crippen molar-refractivity contribution in [1.82, 2.24) is 5.32 Å². The lowest BCUT2D eigenvalue weighted by molar-refractivity contribution is 0.0926. The lowest BCUT2D eigenvalue weighted by atomic mass is 10.1. The third kappa shape index (κ3) is 2.55. The number of carbonyl (C=O) groups is 1. The minimum Gasteiger partial charge on any atom is -0.398 e. The largest absolute Gasteiger partial charge is 0.398 e.